The van der Waals surface area contributed by atoms with Crippen molar-refractivity contribution in [3.05, 3.63) is 40.4 Å². The van der Waals surface area contributed by atoms with Gasteiger partial charge in [-0.25, -0.2) is 4.98 Å². The number of rotatable bonds is 6. The van der Waals surface area contributed by atoms with Gasteiger partial charge in [0.2, 0.25) is 5.91 Å². The van der Waals surface area contributed by atoms with Crippen LogP contribution in [0.5, 0.6) is 5.75 Å². The highest BCUT2D eigenvalue weighted by molar-refractivity contribution is 7.15. The number of aromatic nitrogens is 1. The van der Waals surface area contributed by atoms with Crippen molar-refractivity contribution >= 4 is 28.3 Å². The number of nitrogens with one attached hydrogen (secondary N) is 2. The maximum Gasteiger partial charge on any atom is 0.257 e. The van der Waals surface area contributed by atoms with E-state index in [9.17, 15) is 9.59 Å². The highest BCUT2D eigenvalue weighted by Crippen LogP contribution is 2.37. The first-order chi connectivity index (χ1) is 12.6. The minimum Gasteiger partial charge on any atom is -0.497 e. The number of fused-ring (bicyclic) bond motifs is 1. The molecule has 26 heavy (non-hydrogen) atoms. The van der Waals surface area contributed by atoms with E-state index in [4.69, 9.17) is 4.74 Å². The lowest BCUT2D eigenvalue weighted by atomic mass is 9.90. The normalized spacial score (nSPS) is 15.8. The fourth-order valence-electron chi connectivity index (χ4n) is 3.01. The van der Waals surface area contributed by atoms with Crippen LogP contribution in [-0.4, -0.2) is 30.5 Å². The Morgan fingerprint density at radius 1 is 1.31 bits per heavy atom. The summed E-state index contributed by atoms with van der Waals surface area (Å²) in [5.74, 6) is 0.303. The van der Waals surface area contributed by atoms with Crippen LogP contribution in [0.25, 0.3) is 0 Å². The molecule has 2 amide bonds. The number of ether oxygens (including phenoxy) is 1. The summed E-state index contributed by atoms with van der Waals surface area (Å²) in [4.78, 5) is 30.5. The van der Waals surface area contributed by atoms with Gasteiger partial charge in [0, 0.05) is 17.0 Å². The van der Waals surface area contributed by atoms with Crippen LogP contribution in [0.2, 0.25) is 0 Å². The van der Waals surface area contributed by atoms with Crippen LogP contribution in [0.3, 0.4) is 0 Å². The summed E-state index contributed by atoms with van der Waals surface area (Å²) in [6.07, 6.45) is 3.58. The SMILES string of the molecule is CCCNC(=O)C1CCCc2sc(NC(=O)c3ccc(OC)cc3)nc21. The summed E-state index contributed by atoms with van der Waals surface area (Å²) < 4.78 is 5.10. The molecular weight excluding hydrogens is 350 g/mol. The maximum absolute atomic E-state index is 12.4. The van der Waals surface area contributed by atoms with Gasteiger partial charge in [0.25, 0.3) is 5.91 Å². The number of hydrogen-bond donors (Lipinski definition) is 2. The van der Waals surface area contributed by atoms with Gasteiger partial charge >= 0.3 is 0 Å². The average Bonchev–Trinajstić information content (AvgIpc) is 3.08. The second-order valence-electron chi connectivity index (χ2n) is 6.25. The van der Waals surface area contributed by atoms with E-state index in [0.717, 1.165) is 36.3 Å². The number of hydrogen-bond acceptors (Lipinski definition) is 5. The molecular formula is C19H23N3O3S. The largest absolute Gasteiger partial charge is 0.497 e. The molecule has 1 atom stereocenters. The molecule has 1 aromatic heterocycles. The van der Waals surface area contributed by atoms with E-state index in [1.165, 1.54) is 11.3 Å². The smallest absolute Gasteiger partial charge is 0.257 e. The molecule has 1 aliphatic carbocycles. The molecule has 2 N–H and O–H groups in total. The third-order valence-electron chi connectivity index (χ3n) is 4.39. The number of carbonyl (C=O) groups excluding carboxylic acids is 2. The second kappa shape index (κ2) is 8.31. The Morgan fingerprint density at radius 2 is 2.08 bits per heavy atom. The highest BCUT2D eigenvalue weighted by Gasteiger charge is 2.30. The van der Waals surface area contributed by atoms with E-state index in [0.29, 0.717) is 23.0 Å². The Labute approximate surface area is 157 Å². The number of aryl methyl sites for hydroxylation is 1. The second-order valence-corrected chi connectivity index (χ2v) is 7.33. The van der Waals surface area contributed by atoms with E-state index in [1.807, 2.05) is 6.92 Å². The first-order valence-corrected chi connectivity index (χ1v) is 9.66. The van der Waals surface area contributed by atoms with Crippen molar-refractivity contribution in [1.82, 2.24) is 10.3 Å². The van der Waals surface area contributed by atoms with Crippen molar-refractivity contribution in [2.75, 3.05) is 19.0 Å². The lowest BCUT2D eigenvalue weighted by Gasteiger charge is -2.20. The molecule has 0 saturated carbocycles. The number of methoxy groups -OCH3 is 1. The first-order valence-electron chi connectivity index (χ1n) is 8.85. The minimum atomic E-state index is -0.217. The molecule has 1 heterocycles. The zero-order valence-electron chi connectivity index (χ0n) is 15.0. The summed E-state index contributed by atoms with van der Waals surface area (Å²) in [6, 6.07) is 6.91. The zero-order chi connectivity index (χ0) is 18.5. The summed E-state index contributed by atoms with van der Waals surface area (Å²) in [7, 11) is 1.59. The summed E-state index contributed by atoms with van der Waals surface area (Å²) in [5, 5.41) is 6.35. The number of anilines is 1. The molecule has 1 unspecified atom stereocenters. The minimum absolute atomic E-state index is 0.0335. The van der Waals surface area contributed by atoms with Crippen molar-refractivity contribution < 1.29 is 14.3 Å². The molecule has 1 aromatic carbocycles. The first kappa shape index (κ1) is 18.4. The van der Waals surface area contributed by atoms with Crippen molar-refractivity contribution in [2.45, 2.75) is 38.5 Å². The predicted octanol–water partition coefficient (Wildman–Crippen LogP) is 3.35. The third kappa shape index (κ3) is 4.04. The Bertz CT molecular complexity index is 786. The Hall–Kier alpha value is -2.41. The predicted molar refractivity (Wildman–Crippen MR) is 102 cm³/mol. The number of thiazole rings is 1. The summed E-state index contributed by atoms with van der Waals surface area (Å²) in [5.41, 5.74) is 1.36. The molecule has 0 bridgehead atoms. The summed E-state index contributed by atoms with van der Waals surface area (Å²) >= 11 is 1.46. The summed E-state index contributed by atoms with van der Waals surface area (Å²) in [6.45, 7) is 2.71. The van der Waals surface area contributed by atoms with Crippen LogP contribution in [0, 0.1) is 0 Å². The molecule has 0 spiro atoms. The molecule has 0 fully saturated rings. The van der Waals surface area contributed by atoms with Gasteiger partial charge in [-0.05, 0) is 49.9 Å². The molecule has 0 radical (unpaired) electrons. The van der Waals surface area contributed by atoms with E-state index in [1.54, 1.807) is 31.4 Å². The monoisotopic (exact) mass is 373 g/mol. The van der Waals surface area contributed by atoms with Gasteiger partial charge in [0.1, 0.15) is 5.75 Å². The lowest BCUT2D eigenvalue weighted by Crippen LogP contribution is -2.31. The van der Waals surface area contributed by atoms with Gasteiger partial charge in [-0.2, -0.15) is 0 Å². The van der Waals surface area contributed by atoms with Gasteiger partial charge in [-0.15, -0.1) is 11.3 Å². The standard InChI is InChI=1S/C19H23N3O3S/c1-3-11-20-18(24)14-5-4-6-15-16(14)21-19(26-15)22-17(23)12-7-9-13(25-2)10-8-12/h7-10,14H,3-6,11H2,1-2H3,(H,20,24)(H,21,22,23). The Morgan fingerprint density at radius 3 is 2.77 bits per heavy atom. The van der Waals surface area contributed by atoms with E-state index in [-0.39, 0.29) is 17.7 Å². The van der Waals surface area contributed by atoms with Crippen LogP contribution in [0.1, 0.15) is 53.0 Å². The van der Waals surface area contributed by atoms with Crippen LogP contribution < -0.4 is 15.4 Å². The highest BCUT2D eigenvalue weighted by atomic mass is 32.1. The van der Waals surface area contributed by atoms with E-state index >= 15 is 0 Å². The molecule has 3 rings (SSSR count). The van der Waals surface area contributed by atoms with Gasteiger partial charge in [0.05, 0.1) is 18.7 Å². The lowest BCUT2D eigenvalue weighted by molar-refractivity contribution is -0.122. The Balaban J connectivity index is 1.73. The molecule has 0 aliphatic heterocycles. The van der Waals surface area contributed by atoms with E-state index in [2.05, 4.69) is 15.6 Å². The zero-order valence-corrected chi connectivity index (χ0v) is 15.8. The molecule has 7 heteroatoms. The number of nitrogens with zero attached hydrogens (tertiary/aromatic N) is 1. The van der Waals surface area contributed by atoms with Crippen molar-refractivity contribution in [3.8, 4) is 5.75 Å². The topological polar surface area (TPSA) is 80.3 Å². The molecule has 1 aliphatic rings. The van der Waals surface area contributed by atoms with Crippen molar-refractivity contribution in [1.29, 1.82) is 0 Å². The average molecular weight is 373 g/mol. The quantitative estimate of drug-likeness (QED) is 0.814. The van der Waals surface area contributed by atoms with Crippen LogP contribution in [0.4, 0.5) is 5.13 Å². The van der Waals surface area contributed by atoms with Crippen molar-refractivity contribution in [2.24, 2.45) is 0 Å². The maximum atomic E-state index is 12.4. The molecule has 0 saturated heterocycles. The van der Waals surface area contributed by atoms with Crippen LogP contribution in [0.15, 0.2) is 24.3 Å². The molecule has 6 nitrogen and oxygen atoms in total. The van der Waals surface area contributed by atoms with Gasteiger partial charge in [0.15, 0.2) is 5.13 Å². The van der Waals surface area contributed by atoms with Gasteiger partial charge in [-0.1, -0.05) is 6.92 Å². The number of benzene rings is 1. The fourth-order valence-corrected chi connectivity index (χ4v) is 4.07. The number of carbonyl (C=O) groups is 2. The Kier molecular flexibility index (Phi) is 5.88. The van der Waals surface area contributed by atoms with Gasteiger partial charge in [-0.3, -0.25) is 14.9 Å². The third-order valence-corrected chi connectivity index (χ3v) is 5.44. The van der Waals surface area contributed by atoms with Crippen LogP contribution >= 0.6 is 11.3 Å². The fraction of sp³-hybridized carbons (Fsp3) is 0.421. The van der Waals surface area contributed by atoms with E-state index < -0.39 is 0 Å². The van der Waals surface area contributed by atoms with Crippen molar-refractivity contribution in [3.63, 3.8) is 0 Å². The van der Waals surface area contributed by atoms with Gasteiger partial charge < -0.3 is 10.1 Å². The number of amides is 2. The molecule has 138 valence electrons. The molecule has 2 aromatic rings. The van der Waals surface area contributed by atoms with Crippen LogP contribution in [-0.2, 0) is 11.2 Å².